The third kappa shape index (κ3) is 4.27. The average molecular weight is 465 g/mol. The number of piperidine rings is 1. The van der Waals surface area contributed by atoms with Gasteiger partial charge in [0.25, 0.3) is 5.91 Å². The van der Waals surface area contributed by atoms with Crippen LogP contribution in [0.25, 0.3) is 0 Å². The lowest BCUT2D eigenvalue weighted by Gasteiger charge is -2.40. The summed E-state index contributed by atoms with van der Waals surface area (Å²) in [7, 11) is 0. The number of nitrogens with zero attached hydrogens (tertiary/aromatic N) is 3. The quantitative estimate of drug-likeness (QED) is 0.623. The zero-order chi connectivity index (χ0) is 21.5. The van der Waals surface area contributed by atoms with Crippen LogP contribution in [0.3, 0.4) is 0 Å². The van der Waals surface area contributed by atoms with Crippen molar-refractivity contribution in [3.8, 4) is 0 Å². The Labute approximate surface area is 191 Å². The number of anilines is 1. The number of hydrogen-bond acceptors (Lipinski definition) is 5. The third-order valence-corrected chi connectivity index (χ3v) is 8.51. The molecule has 1 atom stereocenters. The van der Waals surface area contributed by atoms with Gasteiger partial charge < -0.3 is 10.6 Å². The van der Waals surface area contributed by atoms with Gasteiger partial charge in [0.05, 0.1) is 15.7 Å². The van der Waals surface area contributed by atoms with Gasteiger partial charge in [0.1, 0.15) is 5.03 Å². The highest BCUT2D eigenvalue weighted by Gasteiger charge is 2.40. The molecule has 1 saturated carbocycles. The van der Waals surface area contributed by atoms with Crippen LogP contribution < -0.4 is 10.6 Å². The molecule has 0 radical (unpaired) electrons. The van der Waals surface area contributed by atoms with Crippen molar-refractivity contribution < 1.29 is 4.79 Å². The van der Waals surface area contributed by atoms with E-state index in [1.807, 2.05) is 19.1 Å². The van der Waals surface area contributed by atoms with Crippen LogP contribution in [0.15, 0.2) is 28.1 Å². The highest BCUT2D eigenvalue weighted by atomic mass is 35.5. The van der Waals surface area contributed by atoms with Crippen molar-refractivity contribution in [1.82, 2.24) is 9.97 Å². The van der Waals surface area contributed by atoms with Crippen LogP contribution in [0.2, 0.25) is 10.0 Å². The molecule has 2 N–H and O–H groups in total. The molecule has 4 rings (SSSR count). The molecule has 1 aliphatic heterocycles. The molecule has 1 unspecified atom stereocenters. The van der Waals surface area contributed by atoms with E-state index in [1.165, 1.54) is 31.0 Å². The van der Waals surface area contributed by atoms with Gasteiger partial charge in [-0.3, -0.25) is 4.79 Å². The van der Waals surface area contributed by atoms with Crippen LogP contribution in [0, 0.1) is 18.3 Å². The number of carbonyl (C=O) groups excluding carboxylic acids is 1. The van der Waals surface area contributed by atoms with Gasteiger partial charge in [0, 0.05) is 18.0 Å². The smallest absolute Gasteiger partial charge is 0.271 e. The summed E-state index contributed by atoms with van der Waals surface area (Å²) in [6.45, 7) is 6.01. The van der Waals surface area contributed by atoms with E-state index in [4.69, 9.17) is 33.9 Å². The summed E-state index contributed by atoms with van der Waals surface area (Å²) in [5.74, 6) is 0.850. The number of primary amides is 1. The fourth-order valence-electron chi connectivity index (χ4n) is 4.78. The van der Waals surface area contributed by atoms with E-state index in [2.05, 4.69) is 16.8 Å². The summed E-state index contributed by atoms with van der Waals surface area (Å²) in [6.07, 6.45) is 6.20. The van der Waals surface area contributed by atoms with E-state index >= 15 is 0 Å². The lowest BCUT2D eigenvalue weighted by molar-refractivity contribution is 0.0995. The van der Waals surface area contributed by atoms with Crippen LogP contribution >= 0.6 is 35.0 Å². The van der Waals surface area contributed by atoms with Crippen LogP contribution in [0.1, 0.15) is 55.2 Å². The van der Waals surface area contributed by atoms with Gasteiger partial charge in [-0.25, -0.2) is 9.97 Å². The largest absolute Gasteiger partial charge is 0.364 e. The van der Waals surface area contributed by atoms with Gasteiger partial charge in [-0.2, -0.15) is 0 Å². The molecule has 1 saturated heterocycles. The molecule has 1 aromatic carbocycles. The molecule has 1 aliphatic carbocycles. The van der Waals surface area contributed by atoms with E-state index in [1.54, 1.807) is 6.07 Å². The standard InChI is InChI=1S/C22H26Cl2N4OS/c1-13-6-7-22(12-13)8-10-28(11-9-22)20-18(19(25)29)27-21(14(2)26-20)30-16-5-3-4-15(23)17(16)24/h3-5,13H,6-12H2,1-2H3,(H2,25,29). The number of rotatable bonds is 4. The first kappa shape index (κ1) is 21.7. The van der Waals surface area contributed by atoms with E-state index in [0.29, 0.717) is 26.3 Å². The Bertz CT molecular complexity index is 976. The summed E-state index contributed by atoms with van der Waals surface area (Å²) >= 11 is 13.8. The fourth-order valence-corrected chi connectivity index (χ4v) is 6.14. The second kappa shape index (κ2) is 8.56. The number of carbonyl (C=O) groups is 1. The molecule has 5 nitrogen and oxygen atoms in total. The maximum Gasteiger partial charge on any atom is 0.271 e. The van der Waals surface area contributed by atoms with E-state index < -0.39 is 5.91 Å². The maximum atomic E-state index is 12.2. The van der Waals surface area contributed by atoms with Crippen molar-refractivity contribution in [3.05, 3.63) is 39.6 Å². The van der Waals surface area contributed by atoms with Crippen molar-refractivity contribution >= 4 is 46.7 Å². The van der Waals surface area contributed by atoms with Crippen molar-refractivity contribution in [2.45, 2.75) is 55.9 Å². The van der Waals surface area contributed by atoms with E-state index in [9.17, 15) is 4.79 Å². The Hall–Kier alpha value is -1.50. The molecule has 2 fully saturated rings. The summed E-state index contributed by atoms with van der Waals surface area (Å²) < 4.78 is 0. The fraction of sp³-hybridized carbons (Fsp3) is 0.500. The molecule has 1 aromatic heterocycles. The van der Waals surface area contributed by atoms with Crippen molar-refractivity contribution in [1.29, 1.82) is 0 Å². The maximum absolute atomic E-state index is 12.2. The molecule has 2 aromatic rings. The summed E-state index contributed by atoms with van der Waals surface area (Å²) in [6, 6.07) is 5.43. The number of nitrogens with two attached hydrogens (primary N) is 1. The molecule has 30 heavy (non-hydrogen) atoms. The summed E-state index contributed by atoms with van der Waals surface area (Å²) in [4.78, 5) is 24.5. The first-order chi connectivity index (χ1) is 14.3. The van der Waals surface area contributed by atoms with Crippen LogP contribution in [0.4, 0.5) is 5.82 Å². The van der Waals surface area contributed by atoms with E-state index in [-0.39, 0.29) is 5.69 Å². The molecule has 1 amide bonds. The monoisotopic (exact) mass is 464 g/mol. The van der Waals surface area contributed by atoms with Gasteiger partial charge in [-0.1, -0.05) is 54.4 Å². The highest BCUT2D eigenvalue weighted by Crippen LogP contribution is 2.49. The Morgan fingerprint density at radius 1 is 1.23 bits per heavy atom. The SMILES string of the molecule is Cc1nc(N2CCC3(CCC(C)C3)CC2)c(C(N)=O)nc1Sc1cccc(Cl)c1Cl. The van der Waals surface area contributed by atoms with Gasteiger partial charge in [0.2, 0.25) is 0 Å². The Morgan fingerprint density at radius 2 is 1.97 bits per heavy atom. The number of aryl methyl sites for hydroxylation is 1. The molecule has 2 heterocycles. The average Bonchev–Trinajstić information content (AvgIpc) is 3.07. The van der Waals surface area contributed by atoms with E-state index in [0.717, 1.165) is 42.4 Å². The summed E-state index contributed by atoms with van der Waals surface area (Å²) in [5, 5.41) is 1.54. The Kier molecular flexibility index (Phi) is 6.20. The first-order valence-corrected chi connectivity index (χ1v) is 11.9. The molecule has 2 aliphatic rings. The highest BCUT2D eigenvalue weighted by molar-refractivity contribution is 7.99. The molecule has 160 valence electrons. The van der Waals surface area contributed by atoms with Gasteiger partial charge >= 0.3 is 0 Å². The number of aromatic nitrogens is 2. The van der Waals surface area contributed by atoms with Crippen LogP contribution in [-0.4, -0.2) is 29.0 Å². The topological polar surface area (TPSA) is 72.1 Å². The van der Waals surface area contributed by atoms with Crippen molar-refractivity contribution in [2.75, 3.05) is 18.0 Å². The molecular formula is C22H26Cl2N4OS. The molecule has 8 heteroatoms. The zero-order valence-electron chi connectivity index (χ0n) is 17.3. The second-order valence-corrected chi connectivity index (χ2v) is 10.5. The first-order valence-electron chi connectivity index (χ1n) is 10.3. The minimum absolute atomic E-state index is 0.219. The lowest BCUT2D eigenvalue weighted by atomic mass is 9.76. The van der Waals surface area contributed by atoms with Gasteiger partial charge in [-0.05, 0) is 56.1 Å². The minimum Gasteiger partial charge on any atom is -0.364 e. The zero-order valence-corrected chi connectivity index (χ0v) is 19.6. The van der Waals surface area contributed by atoms with Crippen LogP contribution in [0.5, 0.6) is 0 Å². The van der Waals surface area contributed by atoms with Crippen LogP contribution in [-0.2, 0) is 0 Å². The number of halogens is 2. The van der Waals surface area contributed by atoms with Gasteiger partial charge in [0.15, 0.2) is 11.5 Å². The van der Waals surface area contributed by atoms with Crippen molar-refractivity contribution in [3.63, 3.8) is 0 Å². The molecule has 1 spiro atoms. The van der Waals surface area contributed by atoms with Gasteiger partial charge in [-0.15, -0.1) is 0 Å². The third-order valence-electron chi connectivity index (χ3n) is 6.44. The molecule has 0 bridgehead atoms. The predicted molar refractivity (Wildman–Crippen MR) is 123 cm³/mol. The number of benzene rings is 1. The Balaban J connectivity index is 1.60. The Morgan fingerprint density at radius 3 is 2.60 bits per heavy atom. The van der Waals surface area contributed by atoms with Crippen molar-refractivity contribution in [2.24, 2.45) is 17.1 Å². The summed E-state index contributed by atoms with van der Waals surface area (Å²) in [5.41, 5.74) is 7.12. The minimum atomic E-state index is -0.564. The number of amides is 1. The number of hydrogen-bond donors (Lipinski definition) is 1. The predicted octanol–water partition coefficient (Wildman–Crippen LogP) is 5.75. The normalized spacial score (nSPS) is 20.7. The lowest BCUT2D eigenvalue weighted by Crippen LogP contribution is -2.40. The second-order valence-electron chi connectivity index (χ2n) is 8.64. The molecular weight excluding hydrogens is 439 g/mol.